The lowest BCUT2D eigenvalue weighted by Crippen LogP contribution is -1.99. The molecule has 20 heavy (non-hydrogen) atoms. The number of anilines is 1. The Morgan fingerprint density at radius 1 is 1.10 bits per heavy atom. The highest BCUT2D eigenvalue weighted by atomic mass is 32.2. The Morgan fingerprint density at radius 2 is 1.80 bits per heavy atom. The molecule has 2 aromatic rings. The average Bonchev–Trinajstić information content (AvgIpc) is 2.52. The molecule has 0 fully saturated rings. The zero-order valence-electron chi connectivity index (χ0n) is 11.6. The largest absolute Gasteiger partial charge is 0.490 e. The van der Waals surface area contributed by atoms with Gasteiger partial charge in [0, 0.05) is 17.1 Å². The van der Waals surface area contributed by atoms with Gasteiger partial charge in [0.1, 0.15) is 12.4 Å². The van der Waals surface area contributed by atoms with E-state index in [0.717, 1.165) is 18.0 Å². The number of benzene rings is 2. The molecule has 0 aliphatic carbocycles. The van der Waals surface area contributed by atoms with Gasteiger partial charge in [-0.1, -0.05) is 24.8 Å². The van der Waals surface area contributed by atoms with Crippen molar-refractivity contribution in [3.05, 3.63) is 66.7 Å². The Morgan fingerprint density at radius 3 is 2.40 bits per heavy atom. The first kappa shape index (κ1) is 14.5. The Bertz CT molecular complexity index is 534. The van der Waals surface area contributed by atoms with Crippen LogP contribution in [0.25, 0.3) is 0 Å². The van der Waals surface area contributed by atoms with Crippen LogP contribution in [-0.2, 0) is 6.54 Å². The van der Waals surface area contributed by atoms with Crippen LogP contribution in [0.2, 0.25) is 0 Å². The number of ether oxygens (including phenoxy) is 1. The Labute approximate surface area is 124 Å². The average molecular weight is 285 g/mol. The maximum atomic E-state index is 5.46. The highest BCUT2D eigenvalue weighted by Crippen LogP contribution is 2.18. The molecule has 0 spiro atoms. The number of thioether (sulfide) groups is 1. The normalized spacial score (nSPS) is 10.1. The van der Waals surface area contributed by atoms with E-state index in [9.17, 15) is 0 Å². The minimum absolute atomic E-state index is 0.541. The van der Waals surface area contributed by atoms with Gasteiger partial charge in [-0.25, -0.2) is 0 Å². The van der Waals surface area contributed by atoms with Gasteiger partial charge in [0.05, 0.1) is 0 Å². The fourth-order valence-electron chi connectivity index (χ4n) is 1.77. The molecule has 1 N–H and O–H groups in total. The van der Waals surface area contributed by atoms with E-state index in [0.29, 0.717) is 6.61 Å². The van der Waals surface area contributed by atoms with Crippen LogP contribution in [0.3, 0.4) is 0 Å². The zero-order chi connectivity index (χ0) is 14.2. The van der Waals surface area contributed by atoms with Gasteiger partial charge >= 0.3 is 0 Å². The number of hydrogen-bond donors (Lipinski definition) is 1. The number of rotatable bonds is 7. The minimum atomic E-state index is 0.541. The molecule has 2 aromatic carbocycles. The van der Waals surface area contributed by atoms with Crippen molar-refractivity contribution in [3.8, 4) is 5.75 Å². The Balaban J connectivity index is 1.87. The summed E-state index contributed by atoms with van der Waals surface area (Å²) >= 11 is 1.75. The summed E-state index contributed by atoms with van der Waals surface area (Å²) in [6, 6.07) is 16.6. The molecule has 0 saturated carbocycles. The van der Waals surface area contributed by atoms with Crippen LogP contribution in [0.1, 0.15) is 5.56 Å². The van der Waals surface area contributed by atoms with Crippen molar-refractivity contribution in [1.29, 1.82) is 0 Å². The van der Waals surface area contributed by atoms with E-state index in [1.165, 1.54) is 10.5 Å². The molecule has 104 valence electrons. The number of nitrogens with one attached hydrogen (secondary N) is 1. The van der Waals surface area contributed by atoms with Crippen LogP contribution in [-0.4, -0.2) is 12.9 Å². The monoisotopic (exact) mass is 285 g/mol. The maximum absolute atomic E-state index is 5.46. The summed E-state index contributed by atoms with van der Waals surface area (Å²) in [5, 5.41) is 3.41. The van der Waals surface area contributed by atoms with Gasteiger partial charge in [0.2, 0.25) is 0 Å². The van der Waals surface area contributed by atoms with Crippen LogP contribution in [0.15, 0.2) is 66.1 Å². The summed E-state index contributed by atoms with van der Waals surface area (Å²) in [6.07, 6.45) is 3.83. The molecule has 0 atom stereocenters. The molecule has 0 heterocycles. The highest BCUT2D eigenvalue weighted by Gasteiger charge is 1.97. The molecule has 0 bridgehead atoms. The Hall–Kier alpha value is -1.87. The topological polar surface area (TPSA) is 21.3 Å². The summed E-state index contributed by atoms with van der Waals surface area (Å²) in [5.41, 5.74) is 2.36. The van der Waals surface area contributed by atoms with E-state index >= 15 is 0 Å². The second-order valence-corrected chi connectivity index (χ2v) is 5.21. The SMILES string of the molecule is C=CCOc1ccc(CNc2ccc(SC)cc2)cc1. The molecule has 0 aliphatic heterocycles. The first-order valence-corrected chi connectivity index (χ1v) is 7.75. The second-order valence-electron chi connectivity index (χ2n) is 4.33. The lowest BCUT2D eigenvalue weighted by molar-refractivity contribution is 0.363. The third-order valence-corrected chi connectivity index (χ3v) is 3.62. The van der Waals surface area contributed by atoms with Gasteiger partial charge in [-0.15, -0.1) is 11.8 Å². The summed E-state index contributed by atoms with van der Waals surface area (Å²) in [6.45, 7) is 4.98. The zero-order valence-corrected chi connectivity index (χ0v) is 12.5. The van der Waals surface area contributed by atoms with Crippen molar-refractivity contribution in [2.75, 3.05) is 18.2 Å². The fourth-order valence-corrected chi connectivity index (χ4v) is 2.18. The van der Waals surface area contributed by atoms with Gasteiger partial charge in [-0.05, 0) is 48.2 Å². The number of hydrogen-bond acceptors (Lipinski definition) is 3. The first-order chi connectivity index (χ1) is 9.81. The van der Waals surface area contributed by atoms with E-state index in [2.05, 4.69) is 54.5 Å². The van der Waals surface area contributed by atoms with Gasteiger partial charge in [0.25, 0.3) is 0 Å². The maximum Gasteiger partial charge on any atom is 0.119 e. The molecular formula is C17H19NOS. The van der Waals surface area contributed by atoms with Crippen molar-refractivity contribution in [3.63, 3.8) is 0 Å². The van der Waals surface area contributed by atoms with Crippen LogP contribution < -0.4 is 10.1 Å². The predicted molar refractivity (Wildman–Crippen MR) is 87.7 cm³/mol. The molecule has 3 heteroatoms. The second kappa shape index (κ2) is 7.65. The van der Waals surface area contributed by atoms with Gasteiger partial charge in [-0.2, -0.15) is 0 Å². The van der Waals surface area contributed by atoms with Crippen molar-refractivity contribution in [2.45, 2.75) is 11.4 Å². The summed E-state index contributed by atoms with van der Waals surface area (Å²) in [7, 11) is 0. The van der Waals surface area contributed by atoms with Crippen LogP contribution >= 0.6 is 11.8 Å². The summed E-state index contributed by atoms with van der Waals surface area (Å²) in [5.74, 6) is 0.873. The molecule has 0 aliphatic rings. The smallest absolute Gasteiger partial charge is 0.119 e. The summed E-state index contributed by atoms with van der Waals surface area (Å²) < 4.78 is 5.46. The van der Waals surface area contributed by atoms with Crippen LogP contribution in [0, 0.1) is 0 Å². The predicted octanol–water partition coefficient (Wildman–Crippen LogP) is 4.59. The standard InChI is InChI=1S/C17H19NOS/c1-3-12-19-16-8-4-14(5-9-16)13-18-15-6-10-17(20-2)11-7-15/h3-11,18H,1,12-13H2,2H3. The van der Waals surface area contributed by atoms with Gasteiger partial charge in [-0.3, -0.25) is 0 Å². The van der Waals surface area contributed by atoms with Crippen molar-refractivity contribution in [2.24, 2.45) is 0 Å². The van der Waals surface area contributed by atoms with E-state index in [4.69, 9.17) is 4.74 Å². The van der Waals surface area contributed by atoms with Gasteiger partial charge < -0.3 is 10.1 Å². The van der Waals surface area contributed by atoms with E-state index in [1.807, 2.05) is 12.1 Å². The van der Waals surface area contributed by atoms with E-state index in [-0.39, 0.29) is 0 Å². The molecule has 2 nitrogen and oxygen atoms in total. The molecule has 0 saturated heterocycles. The van der Waals surface area contributed by atoms with Gasteiger partial charge in [0.15, 0.2) is 0 Å². The highest BCUT2D eigenvalue weighted by molar-refractivity contribution is 7.98. The molecule has 0 unspecified atom stereocenters. The van der Waals surface area contributed by atoms with Crippen molar-refractivity contribution < 1.29 is 4.74 Å². The van der Waals surface area contributed by atoms with Crippen molar-refractivity contribution >= 4 is 17.4 Å². The summed E-state index contributed by atoms with van der Waals surface area (Å²) in [4.78, 5) is 1.28. The quantitative estimate of drug-likeness (QED) is 0.594. The van der Waals surface area contributed by atoms with Crippen molar-refractivity contribution in [1.82, 2.24) is 0 Å². The molecule has 2 rings (SSSR count). The lowest BCUT2D eigenvalue weighted by atomic mass is 10.2. The molecule has 0 aromatic heterocycles. The fraction of sp³-hybridized carbons (Fsp3) is 0.176. The minimum Gasteiger partial charge on any atom is -0.490 e. The first-order valence-electron chi connectivity index (χ1n) is 6.52. The third-order valence-electron chi connectivity index (χ3n) is 2.88. The lowest BCUT2D eigenvalue weighted by Gasteiger charge is -2.08. The van der Waals surface area contributed by atoms with Crippen LogP contribution in [0.4, 0.5) is 5.69 Å². The van der Waals surface area contributed by atoms with Crippen LogP contribution in [0.5, 0.6) is 5.75 Å². The molecular weight excluding hydrogens is 266 g/mol. The molecule has 0 amide bonds. The third kappa shape index (κ3) is 4.35. The Kier molecular flexibility index (Phi) is 5.56. The molecule has 0 radical (unpaired) electrons. The van der Waals surface area contributed by atoms with E-state index in [1.54, 1.807) is 17.8 Å². The van der Waals surface area contributed by atoms with E-state index < -0.39 is 0 Å².